The minimum atomic E-state index is -0.988. The van der Waals surface area contributed by atoms with Crippen LogP contribution in [0.15, 0.2) is 0 Å². The third kappa shape index (κ3) is 2.38. The number of nitro groups is 1. The van der Waals surface area contributed by atoms with Gasteiger partial charge in [-0.05, 0) is 0 Å². The average Bonchev–Trinajstić information content (AvgIpc) is 2.68. The molecule has 1 aliphatic rings. The number of alkyl halides is 2. The Morgan fingerprint density at radius 1 is 1.44 bits per heavy atom. The molecule has 2 rings (SSSR count). The highest BCUT2D eigenvalue weighted by Crippen LogP contribution is 2.38. The first-order chi connectivity index (χ1) is 8.52. The first-order valence-electron chi connectivity index (χ1n) is 5.34. The van der Waals surface area contributed by atoms with Crippen LogP contribution in [-0.2, 0) is 11.8 Å². The molecular formula is C9H12Cl2N4O3. The fraction of sp³-hybridized carbons (Fsp3) is 0.667. The maximum Gasteiger partial charge on any atom is 0.336 e. The standard InChI is InChI=1S/C9H12Cl2N4O3/c1-13-6(8(10)11)7(15(16)17)9(12-13)14-2-4-18-5-3-14/h8H,2-5H2,1H3. The molecule has 1 aromatic heterocycles. The zero-order valence-electron chi connectivity index (χ0n) is 9.68. The van der Waals surface area contributed by atoms with E-state index in [0.29, 0.717) is 32.1 Å². The normalized spacial score (nSPS) is 16.3. The molecule has 0 saturated carbocycles. The van der Waals surface area contributed by atoms with Crippen LogP contribution in [0.2, 0.25) is 0 Å². The lowest BCUT2D eigenvalue weighted by Gasteiger charge is -2.25. The van der Waals surface area contributed by atoms with Crippen molar-refractivity contribution >= 4 is 34.7 Å². The molecule has 0 spiro atoms. The van der Waals surface area contributed by atoms with E-state index in [-0.39, 0.29) is 11.4 Å². The number of halogens is 2. The van der Waals surface area contributed by atoms with Gasteiger partial charge >= 0.3 is 5.69 Å². The summed E-state index contributed by atoms with van der Waals surface area (Å²) in [5.74, 6) is 0.298. The van der Waals surface area contributed by atoms with Crippen molar-refractivity contribution < 1.29 is 9.66 Å². The molecule has 9 heteroatoms. The van der Waals surface area contributed by atoms with Crippen LogP contribution in [-0.4, -0.2) is 41.0 Å². The van der Waals surface area contributed by atoms with E-state index in [9.17, 15) is 10.1 Å². The maximum atomic E-state index is 11.2. The maximum absolute atomic E-state index is 11.2. The van der Waals surface area contributed by atoms with Gasteiger partial charge in [-0.15, -0.1) is 5.10 Å². The number of ether oxygens (including phenoxy) is 1. The Labute approximate surface area is 113 Å². The second-order valence-corrected chi connectivity index (χ2v) is 4.93. The Hall–Kier alpha value is -1.05. The summed E-state index contributed by atoms with van der Waals surface area (Å²) in [6.07, 6.45) is 0. The summed E-state index contributed by atoms with van der Waals surface area (Å²) in [7, 11) is 1.59. The fourth-order valence-corrected chi connectivity index (χ4v) is 2.41. The van der Waals surface area contributed by atoms with E-state index in [2.05, 4.69) is 5.10 Å². The minimum absolute atomic E-state index is 0.130. The Morgan fingerprint density at radius 2 is 2.06 bits per heavy atom. The van der Waals surface area contributed by atoms with Crippen molar-refractivity contribution in [2.24, 2.45) is 7.05 Å². The van der Waals surface area contributed by atoms with Gasteiger partial charge in [0.2, 0.25) is 5.82 Å². The third-order valence-electron chi connectivity index (χ3n) is 2.75. The summed E-state index contributed by atoms with van der Waals surface area (Å²) < 4.78 is 6.56. The third-order valence-corrected chi connectivity index (χ3v) is 3.16. The Bertz CT molecular complexity index is 457. The van der Waals surface area contributed by atoms with Crippen molar-refractivity contribution in [3.8, 4) is 0 Å². The van der Waals surface area contributed by atoms with Crippen LogP contribution in [0.25, 0.3) is 0 Å². The lowest BCUT2D eigenvalue weighted by molar-refractivity contribution is -0.384. The van der Waals surface area contributed by atoms with E-state index in [0.717, 1.165) is 0 Å². The largest absolute Gasteiger partial charge is 0.378 e. The molecule has 0 atom stereocenters. The monoisotopic (exact) mass is 294 g/mol. The molecule has 0 aromatic carbocycles. The summed E-state index contributed by atoms with van der Waals surface area (Å²) in [5.41, 5.74) is 0.0687. The zero-order valence-corrected chi connectivity index (χ0v) is 11.2. The van der Waals surface area contributed by atoms with Crippen LogP contribution >= 0.6 is 23.2 Å². The molecule has 0 amide bonds. The van der Waals surface area contributed by atoms with Crippen molar-refractivity contribution in [3.63, 3.8) is 0 Å². The number of hydrogen-bond acceptors (Lipinski definition) is 5. The van der Waals surface area contributed by atoms with Gasteiger partial charge in [-0.1, -0.05) is 23.2 Å². The fourth-order valence-electron chi connectivity index (χ4n) is 1.92. The smallest absolute Gasteiger partial charge is 0.336 e. The van der Waals surface area contributed by atoms with E-state index in [1.807, 2.05) is 0 Å². The van der Waals surface area contributed by atoms with Crippen LogP contribution in [0, 0.1) is 10.1 Å². The lowest BCUT2D eigenvalue weighted by atomic mass is 10.3. The highest BCUT2D eigenvalue weighted by atomic mass is 35.5. The molecule has 0 unspecified atom stereocenters. The van der Waals surface area contributed by atoms with Crippen LogP contribution < -0.4 is 4.90 Å². The van der Waals surface area contributed by atoms with Crippen molar-refractivity contribution in [2.75, 3.05) is 31.2 Å². The second-order valence-electron chi connectivity index (χ2n) is 3.84. The highest BCUT2D eigenvalue weighted by Gasteiger charge is 2.33. The zero-order chi connectivity index (χ0) is 13.3. The average molecular weight is 295 g/mol. The SMILES string of the molecule is Cn1nc(N2CCOCC2)c([N+](=O)[O-])c1C(Cl)Cl. The summed E-state index contributed by atoms with van der Waals surface area (Å²) >= 11 is 11.5. The Kier molecular flexibility index (Phi) is 3.94. The van der Waals surface area contributed by atoms with Crippen molar-refractivity contribution in [1.82, 2.24) is 9.78 Å². The quantitative estimate of drug-likeness (QED) is 0.481. The van der Waals surface area contributed by atoms with Gasteiger partial charge in [0.15, 0.2) is 10.5 Å². The minimum Gasteiger partial charge on any atom is -0.378 e. The molecule has 1 aromatic rings. The Balaban J connectivity index is 2.46. The molecule has 1 aliphatic heterocycles. The van der Waals surface area contributed by atoms with Gasteiger partial charge in [-0.3, -0.25) is 14.8 Å². The molecule has 7 nitrogen and oxygen atoms in total. The molecule has 2 heterocycles. The molecule has 0 N–H and O–H groups in total. The number of aryl methyl sites for hydroxylation is 1. The molecular weight excluding hydrogens is 283 g/mol. The van der Waals surface area contributed by atoms with E-state index in [1.165, 1.54) is 4.68 Å². The van der Waals surface area contributed by atoms with Crippen molar-refractivity contribution in [2.45, 2.75) is 4.84 Å². The number of nitrogens with zero attached hydrogens (tertiary/aromatic N) is 4. The summed E-state index contributed by atoms with van der Waals surface area (Å²) in [5, 5.41) is 15.3. The number of aromatic nitrogens is 2. The van der Waals surface area contributed by atoms with E-state index >= 15 is 0 Å². The van der Waals surface area contributed by atoms with Gasteiger partial charge in [0.25, 0.3) is 0 Å². The van der Waals surface area contributed by atoms with Gasteiger partial charge in [0, 0.05) is 20.1 Å². The van der Waals surface area contributed by atoms with Gasteiger partial charge in [0.1, 0.15) is 0 Å². The van der Waals surface area contributed by atoms with Crippen LogP contribution in [0.3, 0.4) is 0 Å². The predicted octanol–water partition coefficient (Wildman–Crippen LogP) is 1.64. The highest BCUT2D eigenvalue weighted by molar-refractivity contribution is 6.44. The van der Waals surface area contributed by atoms with E-state index in [4.69, 9.17) is 27.9 Å². The first kappa shape index (κ1) is 13.4. The lowest BCUT2D eigenvalue weighted by Crippen LogP contribution is -2.36. The Morgan fingerprint density at radius 3 is 2.56 bits per heavy atom. The summed E-state index contributed by atoms with van der Waals surface area (Å²) in [4.78, 5) is 11.5. The number of morpholine rings is 1. The van der Waals surface area contributed by atoms with Crippen molar-refractivity contribution in [3.05, 3.63) is 15.8 Å². The van der Waals surface area contributed by atoms with Gasteiger partial charge in [-0.25, -0.2) is 0 Å². The number of hydrogen-bond donors (Lipinski definition) is 0. The number of rotatable bonds is 3. The van der Waals surface area contributed by atoms with E-state index < -0.39 is 9.76 Å². The molecule has 0 radical (unpaired) electrons. The second kappa shape index (κ2) is 5.29. The summed E-state index contributed by atoms with van der Waals surface area (Å²) in [6.45, 7) is 2.17. The first-order valence-corrected chi connectivity index (χ1v) is 6.21. The molecule has 0 aliphatic carbocycles. The van der Waals surface area contributed by atoms with Crippen LogP contribution in [0.5, 0.6) is 0 Å². The topological polar surface area (TPSA) is 73.4 Å². The summed E-state index contributed by atoms with van der Waals surface area (Å²) in [6, 6.07) is 0. The molecule has 1 fully saturated rings. The van der Waals surface area contributed by atoms with Crippen molar-refractivity contribution in [1.29, 1.82) is 0 Å². The molecule has 1 saturated heterocycles. The molecule has 100 valence electrons. The van der Waals surface area contributed by atoms with Crippen LogP contribution in [0.4, 0.5) is 11.5 Å². The predicted molar refractivity (Wildman–Crippen MR) is 67.3 cm³/mol. The van der Waals surface area contributed by atoms with E-state index in [1.54, 1.807) is 11.9 Å². The number of anilines is 1. The van der Waals surface area contributed by atoms with Gasteiger partial charge in [0.05, 0.1) is 18.1 Å². The molecule has 18 heavy (non-hydrogen) atoms. The molecule has 0 bridgehead atoms. The van der Waals surface area contributed by atoms with Crippen LogP contribution in [0.1, 0.15) is 10.5 Å². The van der Waals surface area contributed by atoms with Gasteiger partial charge in [-0.2, -0.15) is 0 Å². The van der Waals surface area contributed by atoms with Gasteiger partial charge < -0.3 is 9.64 Å².